The van der Waals surface area contributed by atoms with E-state index >= 15 is 0 Å². The number of hydrogen-bond donors (Lipinski definition) is 2. The monoisotopic (exact) mass is 276 g/mol. The van der Waals surface area contributed by atoms with Crippen molar-refractivity contribution in [1.29, 1.82) is 0 Å². The van der Waals surface area contributed by atoms with Crippen molar-refractivity contribution >= 4 is 17.6 Å². The van der Waals surface area contributed by atoms with Gasteiger partial charge in [-0.1, -0.05) is 18.2 Å². The first-order valence-electron chi connectivity index (χ1n) is 6.98. The predicted octanol–water partition coefficient (Wildman–Crippen LogP) is 1.48. The van der Waals surface area contributed by atoms with Crippen molar-refractivity contribution in [2.45, 2.75) is 32.2 Å². The molecule has 0 saturated heterocycles. The third kappa shape index (κ3) is 3.81. The number of fused-ring (bicyclic) bond motifs is 1. The Bertz CT molecular complexity index is 488. The summed E-state index contributed by atoms with van der Waals surface area (Å²) in [5, 5.41) is 6.04. The molecule has 20 heavy (non-hydrogen) atoms. The van der Waals surface area contributed by atoms with E-state index in [9.17, 15) is 9.59 Å². The lowest BCUT2D eigenvalue weighted by Crippen LogP contribution is -2.40. The van der Waals surface area contributed by atoms with E-state index in [0.29, 0.717) is 13.2 Å². The van der Waals surface area contributed by atoms with Crippen LogP contribution in [-0.2, 0) is 20.7 Å². The van der Waals surface area contributed by atoms with Gasteiger partial charge in [0.2, 0.25) is 5.91 Å². The van der Waals surface area contributed by atoms with Crippen molar-refractivity contribution < 1.29 is 14.3 Å². The Morgan fingerprint density at radius 3 is 3.05 bits per heavy atom. The first-order chi connectivity index (χ1) is 9.70. The molecule has 5 heteroatoms. The average molecular weight is 276 g/mol. The third-order valence-corrected chi connectivity index (χ3v) is 3.32. The van der Waals surface area contributed by atoms with Gasteiger partial charge in [0, 0.05) is 12.2 Å². The van der Waals surface area contributed by atoms with Gasteiger partial charge in [0.05, 0.1) is 19.1 Å². The number of nitrogens with one attached hydrogen (secondary N) is 2. The molecule has 2 N–H and O–H groups in total. The summed E-state index contributed by atoms with van der Waals surface area (Å²) in [7, 11) is 0. The van der Waals surface area contributed by atoms with Crippen molar-refractivity contribution in [3.8, 4) is 0 Å². The summed E-state index contributed by atoms with van der Waals surface area (Å²) in [6, 6.07) is 7.55. The average Bonchev–Trinajstić information content (AvgIpc) is 2.59. The Morgan fingerprint density at radius 2 is 2.25 bits per heavy atom. The molecular formula is C15H20N2O3. The summed E-state index contributed by atoms with van der Waals surface area (Å²) in [5.74, 6) is -0.281. The second kappa shape index (κ2) is 7.05. The number of hydrogen-bond acceptors (Lipinski definition) is 4. The summed E-state index contributed by atoms with van der Waals surface area (Å²) in [5.41, 5.74) is 2.03. The van der Waals surface area contributed by atoms with Crippen LogP contribution in [0.3, 0.4) is 0 Å². The molecule has 1 unspecified atom stereocenters. The maximum absolute atomic E-state index is 12.1. The number of rotatable bonds is 5. The molecule has 0 aromatic heterocycles. The highest BCUT2D eigenvalue weighted by Gasteiger charge is 2.22. The topological polar surface area (TPSA) is 67.4 Å². The van der Waals surface area contributed by atoms with Gasteiger partial charge in [-0.15, -0.1) is 0 Å². The van der Waals surface area contributed by atoms with Crippen LogP contribution in [0.15, 0.2) is 24.3 Å². The highest BCUT2D eigenvalue weighted by atomic mass is 16.5. The van der Waals surface area contributed by atoms with Crippen LogP contribution in [0.4, 0.5) is 5.69 Å². The Kier molecular flexibility index (Phi) is 5.12. The number of amides is 1. The highest BCUT2D eigenvalue weighted by molar-refractivity contribution is 5.96. The molecule has 0 aliphatic carbocycles. The van der Waals surface area contributed by atoms with Gasteiger partial charge in [-0.3, -0.25) is 9.59 Å². The second-order valence-corrected chi connectivity index (χ2v) is 4.75. The van der Waals surface area contributed by atoms with Crippen molar-refractivity contribution in [3.05, 3.63) is 29.8 Å². The minimum atomic E-state index is -0.267. The van der Waals surface area contributed by atoms with Crippen LogP contribution in [-0.4, -0.2) is 31.1 Å². The molecule has 2 rings (SSSR count). The normalized spacial score (nSPS) is 17.9. The molecule has 0 spiro atoms. The Balaban J connectivity index is 1.86. The summed E-state index contributed by atoms with van der Waals surface area (Å²) in [6.45, 7) is 2.62. The minimum absolute atomic E-state index is 0.0428. The molecule has 5 nitrogen and oxygen atoms in total. The lowest BCUT2D eigenvalue weighted by atomic mass is 10.1. The van der Waals surface area contributed by atoms with Crippen LogP contribution in [0, 0.1) is 0 Å². The standard InChI is InChI=1S/C15H20N2O3/c1-2-20-14(18)9-10-16-13-8-7-11-5-3-4-6-12(11)17-15(13)19/h3-6,13,16H,2,7-10H2,1H3,(H,17,19). The molecule has 1 aromatic carbocycles. The van der Waals surface area contributed by atoms with Gasteiger partial charge >= 0.3 is 5.97 Å². The largest absolute Gasteiger partial charge is 0.466 e. The van der Waals surface area contributed by atoms with Crippen LogP contribution in [0.5, 0.6) is 0 Å². The first kappa shape index (κ1) is 14.5. The second-order valence-electron chi connectivity index (χ2n) is 4.75. The van der Waals surface area contributed by atoms with Gasteiger partial charge in [-0.05, 0) is 31.4 Å². The molecule has 1 amide bonds. The number of benzene rings is 1. The van der Waals surface area contributed by atoms with E-state index in [-0.39, 0.29) is 24.3 Å². The molecule has 0 bridgehead atoms. The number of aryl methyl sites for hydroxylation is 1. The fraction of sp³-hybridized carbons (Fsp3) is 0.467. The van der Waals surface area contributed by atoms with Gasteiger partial charge in [-0.2, -0.15) is 0 Å². The fourth-order valence-corrected chi connectivity index (χ4v) is 2.29. The molecule has 1 heterocycles. The minimum Gasteiger partial charge on any atom is -0.466 e. The number of carbonyl (C=O) groups is 2. The maximum Gasteiger partial charge on any atom is 0.307 e. The maximum atomic E-state index is 12.1. The van der Waals surface area contributed by atoms with Crippen molar-refractivity contribution in [1.82, 2.24) is 5.32 Å². The van der Waals surface area contributed by atoms with E-state index < -0.39 is 0 Å². The SMILES string of the molecule is CCOC(=O)CCNC1CCc2ccccc2NC1=O. The molecule has 108 valence electrons. The zero-order chi connectivity index (χ0) is 14.4. The van der Waals surface area contributed by atoms with Crippen molar-refractivity contribution in [2.24, 2.45) is 0 Å². The number of anilines is 1. The van der Waals surface area contributed by atoms with Gasteiger partial charge in [0.1, 0.15) is 0 Å². The third-order valence-electron chi connectivity index (χ3n) is 3.32. The van der Waals surface area contributed by atoms with Crippen LogP contribution in [0.2, 0.25) is 0 Å². The predicted molar refractivity (Wildman–Crippen MR) is 76.4 cm³/mol. The van der Waals surface area contributed by atoms with Crippen molar-refractivity contribution in [3.63, 3.8) is 0 Å². The Morgan fingerprint density at radius 1 is 1.45 bits per heavy atom. The highest BCUT2D eigenvalue weighted by Crippen LogP contribution is 2.21. The van der Waals surface area contributed by atoms with Crippen LogP contribution >= 0.6 is 0 Å². The molecule has 1 aliphatic heterocycles. The molecule has 0 radical (unpaired) electrons. The van der Waals surface area contributed by atoms with E-state index in [1.54, 1.807) is 6.92 Å². The molecule has 1 atom stereocenters. The van der Waals surface area contributed by atoms with Crippen LogP contribution in [0.25, 0.3) is 0 Å². The number of carbonyl (C=O) groups excluding carboxylic acids is 2. The zero-order valence-electron chi connectivity index (χ0n) is 11.6. The Labute approximate surface area is 118 Å². The van der Waals surface area contributed by atoms with Crippen molar-refractivity contribution in [2.75, 3.05) is 18.5 Å². The number of para-hydroxylation sites is 1. The summed E-state index contributed by atoms with van der Waals surface area (Å²) in [6.07, 6.45) is 1.85. The summed E-state index contributed by atoms with van der Waals surface area (Å²) >= 11 is 0. The molecule has 0 fully saturated rings. The zero-order valence-corrected chi connectivity index (χ0v) is 11.6. The van der Waals surface area contributed by atoms with Crippen LogP contribution in [0.1, 0.15) is 25.3 Å². The van der Waals surface area contributed by atoms with Gasteiger partial charge in [0.25, 0.3) is 0 Å². The molecule has 0 saturated carbocycles. The number of ether oxygens (including phenoxy) is 1. The Hall–Kier alpha value is -1.88. The molecule has 1 aromatic rings. The molecule has 1 aliphatic rings. The number of esters is 1. The first-order valence-corrected chi connectivity index (χ1v) is 6.98. The van der Waals surface area contributed by atoms with Crippen LogP contribution < -0.4 is 10.6 Å². The molecular weight excluding hydrogens is 256 g/mol. The summed E-state index contributed by atoms with van der Waals surface area (Å²) in [4.78, 5) is 23.3. The fourth-order valence-electron chi connectivity index (χ4n) is 2.29. The van der Waals surface area contributed by atoms with E-state index in [0.717, 1.165) is 24.1 Å². The lowest BCUT2D eigenvalue weighted by molar-refractivity contribution is -0.143. The van der Waals surface area contributed by atoms with E-state index in [4.69, 9.17) is 4.74 Å². The van der Waals surface area contributed by atoms with E-state index in [2.05, 4.69) is 10.6 Å². The van der Waals surface area contributed by atoms with Gasteiger partial charge < -0.3 is 15.4 Å². The van der Waals surface area contributed by atoms with Gasteiger partial charge in [-0.25, -0.2) is 0 Å². The van der Waals surface area contributed by atoms with E-state index in [1.165, 1.54) is 0 Å². The summed E-state index contributed by atoms with van der Waals surface area (Å²) < 4.78 is 4.85. The quantitative estimate of drug-likeness (QED) is 0.799. The smallest absolute Gasteiger partial charge is 0.307 e. The van der Waals surface area contributed by atoms with E-state index in [1.807, 2.05) is 24.3 Å². The lowest BCUT2D eigenvalue weighted by Gasteiger charge is -2.14. The van der Waals surface area contributed by atoms with Gasteiger partial charge in [0.15, 0.2) is 0 Å².